The first-order valence-electron chi connectivity index (χ1n) is 6.27. The van der Waals surface area contributed by atoms with Gasteiger partial charge < -0.3 is 20.3 Å². The Balaban J connectivity index is 2.53. The maximum absolute atomic E-state index is 10.7. The smallest absolute Gasteiger partial charge is 0.303 e. The van der Waals surface area contributed by atoms with E-state index in [4.69, 9.17) is 20.3 Å². The molecule has 5 heteroatoms. The fourth-order valence-corrected chi connectivity index (χ4v) is 1.93. The second-order valence-electron chi connectivity index (χ2n) is 4.54. The molecular weight excluding hydrogens is 246 g/mol. The number of hydrogen-bond acceptors (Lipinski definition) is 4. The molecule has 0 fully saturated rings. The molecule has 0 spiro atoms. The molecule has 0 saturated heterocycles. The Bertz CT molecular complexity index is 408. The summed E-state index contributed by atoms with van der Waals surface area (Å²) >= 11 is 0. The van der Waals surface area contributed by atoms with Gasteiger partial charge in [0.1, 0.15) is 11.5 Å². The Kier molecular flexibility index (Phi) is 6.15. The molecule has 3 N–H and O–H groups in total. The third kappa shape index (κ3) is 5.61. The van der Waals surface area contributed by atoms with Crippen LogP contribution in [-0.2, 0) is 4.79 Å². The first-order valence-corrected chi connectivity index (χ1v) is 6.27. The summed E-state index contributed by atoms with van der Waals surface area (Å²) in [6.07, 6.45) is 0.586. The first-order chi connectivity index (χ1) is 9.05. The van der Waals surface area contributed by atoms with Crippen LogP contribution in [0.5, 0.6) is 11.5 Å². The van der Waals surface area contributed by atoms with Crippen LogP contribution < -0.4 is 15.2 Å². The fourth-order valence-electron chi connectivity index (χ4n) is 1.93. The summed E-state index contributed by atoms with van der Waals surface area (Å²) in [6, 6.07) is 7.32. The van der Waals surface area contributed by atoms with Crippen LogP contribution in [0.25, 0.3) is 0 Å². The van der Waals surface area contributed by atoms with Crippen LogP contribution in [0, 0.1) is 5.92 Å². The van der Waals surface area contributed by atoms with Crippen LogP contribution in [0.2, 0.25) is 0 Å². The van der Waals surface area contributed by atoms with E-state index in [9.17, 15) is 4.79 Å². The monoisotopic (exact) mass is 267 g/mol. The van der Waals surface area contributed by atoms with E-state index in [1.165, 1.54) is 0 Å². The number of carbonyl (C=O) groups is 1. The van der Waals surface area contributed by atoms with Crippen LogP contribution in [0.15, 0.2) is 24.3 Å². The third-order valence-corrected chi connectivity index (χ3v) is 2.84. The molecule has 1 rings (SSSR count). The van der Waals surface area contributed by atoms with Crippen molar-refractivity contribution >= 4 is 5.97 Å². The number of rotatable bonds is 8. The summed E-state index contributed by atoms with van der Waals surface area (Å²) in [6.45, 7) is 2.25. The Morgan fingerprint density at radius 1 is 1.42 bits per heavy atom. The van der Waals surface area contributed by atoms with Gasteiger partial charge in [-0.2, -0.15) is 0 Å². The minimum atomic E-state index is -0.830. The number of carboxylic acid groups (broad SMARTS) is 1. The summed E-state index contributed by atoms with van der Waals surface area (Å²) < 4.78 is 10.9. The molecule has 1 unspecified atom stereocenters. The Morgan fingerprint density at radius 3 is 2.68 bits per heavy atom. The van der Waals surface area contributed by atoms with E-state index in [1.807, 2.05) is 25.1 Å². The zero-order valence-corrected chi connectivity index (χ0v) is 11.3. The summed E-state index contributed by atoms with van der Waals surface area (Å²) in [5, 5.41) is 8.77. The van der Waals surface area contributed by atoms with Crippen molar-refractivity contribution < 1.29 is 19.4 Å². The van der Waals surface area contributed by atoms with E-state index in [0.717, 1.165) is 5.75 Å². The van der Waals surface area contributed by atoms with Gasteiger partial charge in [-0.1, -0.05) is 6.07 Å². The number of nitrogens with two attached hydrogens (primary N) is 1. The molecule has 0 bridgehead atoms. The zero-order valence-electron chi connectivity index (χ0n) is 11.3. The molecule has 0 aliphatic carbocycles. The summed E-state index contributed by atoms with van der Waals surface area (Å²) in [4.78, 5) is 10.7. The molecule has 19 heavy (non-hydrogen) atoms. The average Bonchev–Trinajstić information content (AvgIpc) is 2.37. The quantitative estimate of drug-likeness (QED) is 0.751. The largest absolute Gasteiger partial charge is 0.497 e. The van der Waals surface area contributed by atoms with E-state index >= 15 is 0 Å². The highest BCUT2D eigenvalue weighted by atomic mass is 16.5. The van der Waals surface area contributed by atoms with Crippen LogP contribution in [0.1, 0.15) is 19.8 Å². The summed E-state index contributed by atoms with van der Waals surface area (Å²) in [7, 11) is 1.60. The molecule has 0 aliphatic rings. The molecule has 106 valence electrons. The lowest BCUT2D eigenvalue weighted by Gasteiger charge is -2.19. The van der Waals surface area contributed by atoms with E-state index in [1.54, 1.807) is 13.2 Å². The van der Waals surface area contributed by atoms with Crippen LogP contribution in [0.3, 0.4) is 0 Å². The van der Waals surface area contributed by atoms with Gasteiger partial charge in [-0.05, 0) is 37.9 Å². The van der Waals surface area contributed by atoms with Gasteiger partial charge in [0.05, 0.1) is 13.2 Å². The van der Waals surface area contributed by atoms with Gasteiger partial charge in [0, 0.05) is 12.5 Å². The first kappa shape index (κ1) is 15.3. The second kappa shape index (κ2) is 7.63. The maximum atomic E-state index is 10.7. The summed E-state index contributed by atoms with van der Waals surface area (Å²) in [5.74, 6) is 0.533. The van der Waals surface area contributed by atoms with Gasteiger partial charge in [-0.25, -0.2) is 0 Å². The highest BCUT2D eigenvalue weighted by molar-refractivity contribution is 5.67. The number of methoxy groups -OCH3 is 1. The standard InChI is InChI=1S/C14H21NO4/c1-10(6-11(9-15)7-14(16)17)19-13-5-3-4-12(8-13)18-2/h3-5,8,10-11H,6-7,9,15H2,1-2H3,(H,16,17)/t10?,11-/m0/s1. The lowest BCUT2D eigenvalue weighted by atomic mass is 9.99. The minimum absolute atomic E-state index is 0.0712. The van der Waals surface area contributed by atoms with Crippen LogP contribution >= 0.6 is 0 Å². The SMILES string of the molecule is COc1cccc(OC(C)C[C@H](CN)CC(=O)O)c1. The maximum Gasteiger partial charge on any atom is 0.303 e. The highest BCUT2D eigenvalue weighted by Gasteiger charge is 2.16. The molecule has 5 nitrogen and oxygen atoms in total. The lowest BCUT2D eigenvalue weighted by molar-refractivity contribution is -0.138. The van der Waals surface area contributed by atoms with Crippen molar-refractivity contribution in [2.75, 3.05) is 13.7 Å². The number of benzene rings is 1. The average molecular weight is 267 g/mol. The zero-order chi connectivity index (χ0) is 14.3. The lowest BCUT2D eigenvalue weighted by Crippen LogP contribution is -2.24. The van der Waals surface area contributed by atoms with Gasteiger partial charge >= 0.3 is 5.97 Å². The fraction of sp³-hybridized carbons (Fsp3) is 0.500. The Labute approximate surface area is 113 Å². The van der Waals surface area contributed by atoms with Gasteiger partial charge in [0.2, 0.25) is 0 Å². The van der Waals surface area contributed by atoms with Crippen molar-refractivity contribution in [3.05, 3.63) is 24.3 Å². The van der Waals surface area contributed by atoms with E-state index in [2.05, 4.69) is 0 Å². The van der Waals surface area contributed by atoms with Crippen molar-refractivity contribution in [3.63, 3.8) is 0 Å². The van der Waals surface area contributed by atoms with E-state index in [0.29, 0.717) is 18.7 Å². The molecule has 0 aliphatic heterocycles. The third-order valence-electron chi connectivity index (χ3n) is 2.84. The summed E-state index contributed by atoms with van der Waals surface area (Å²) in [5.41, 5.74) is 5.57. The molecule has 0 radical (unpaired) electrons. The van der Waals surface area contributed by atoms with Gasteiger partial charge in [0.15, 0.2) is 0 Å². The number of aliphatic carboxylic acids is 1. The predicted octanol–water partition coefficient (Wildman–Crippen LogP) is 1.90. The van der Waals surface area contributed by atoms with Crippen molar-refractivity contribution in [2.24, 2.45) is 11.7 Å². The molecule has 2 atom stereocenters. The molecule has 0 saturated carbocycles. The normalized spacial score (nSPS) is 13.6. The van der Waals surface area contributed by atoms with E-state index < -0.39 is 5.97 Å². The predicted molar refractivity (Wildman–Crippen MR) is 72.5 cm³/mol. The number of ether oxygens (including phenoxy) is 2. The van der Waals surface area contributed by atoms with Crippen molar-refractivity contribution in [1.29, 1.82) is 0 Å². The van der Waals surface area contributed by atoms with Crippen molar-refractivity contribution in [2.45, 2.75) is 25.9 Å². The Hall–Kier alpha value is -1.75. The van der Waals surface area contributed by atoms with Gasteiger partial charge in [-0.3, -0.25) is 4.79 Å². The molecule has 0 amide bonds. The van der Waals surface area contributed by atoms with Gasteiger partial charge in [-0.15, -0.1) is 0 Å². The van der Waals surface area contributed by atoms with Gasteiger partial charge in [0.25, 0.3) is 0 Å². The van der Waals surface area contributed by atoms with Crippen LogP contribution in [0.4, 0.5) is 0 Å². The van der Waals surface area contributed by atoms with Crippen molar-refractivity contribution in [1.82, 2.24) is 0 Å². The molecular formula is C14H21NO4. The highest BCUT2D eigenvalue weighted by Crippen LogP contribution is 2.22. The molecule has 0 heterocycles. The second-order valence-corrected chi connectivity index (χ2v) is 4.54. The molecule has 0 aromatic heterocycles. The topological polar surface area (TPSA) is 81.8 Å². The number of hydrogen-bond donors (Lipinski definition) is 2. The molecule has 1 aromatic carbocycles. The van der Waals surface area contributed by atoms with Crippen LogP contribution in [-0.4, -0.2) is 30.8 Å². The van der Waals surface area contributed by atoms with E-state index in [-0.39, 0.29) is 18.4 Å². The minimum Gasteiger partial charge on any atom is -0.497 e. The molecule has 1 aromatic rings. The van der Waals surface area contributed by atoms with Crippen molar-refractivity contribution in [3.8, 4) is 11.5 Å². The number of carboxylic acids is 1. The Morgan fingerprint density at radius 2 is 2.11 bits per heavy atom.